The summed E-state index contributed by atoms with van der Waals surface area (Å²) in [6, 6.07) is -0.344. The van der Waals surface area contributed by atoms with Crippen LogP contribution in [-0.4, -0.2) is 46.2 Å². The molecule has 17 heavy (non-hydrogen) atoms. The number of sulfone groups is 1. The van der Waals surface area contributed by atoms with Crippen LogP contribution in [0.2, 0.25) is 0 Å². The SMILES string of the molecule is CC(C)C(CN)NS(=O)(=O)C1CCS(=O)(=O)C1. The minimum atomic E-state index is -3.60. The van der Waals surface area contributed by atoms with Crippen molar-refractivity contribution in [3.8, 4) is 0 Å². The third-order valence-corrected chi connectivity index (χ3v) is 6.89. The van der Waals surface area contributed by atoms with E-state index in [0.29, 0.717) is 0 Å². The first-order valence-electron chi connectivity index (χ1n) is 5.59. The van der Waals surface area contributed by atoms with Crippen LogP contribution in [-0.2, 0) is 19.9 Å². The molecule has 1 saturated heterocycles. The molecule has 1 rings (SSSR count). The number of nitrogens with one attached hydrogen (secondary N) is 1. The Morgan fingerprint density at radius 3 is 2.35 bits per heavy atom. The predicted octanol–water partition coefficient (Wildman–Crippen LogP) is -0.924. The summed E-state index contributed by atoms with van der Waals surface area (Å²) in [4.78, 5) is 0. The summed E-state index contributed by atoms with van der Waals surface area (Å²) in [5.74, 6) is -0.251. The van der Waals surface area contributed by atoms with Gasteiger partial charge in [-0.05, 0) is 12.3 Å². The topological polar surface area (TPSA) is 106 Å². The van der Waals surface area contributed by atoms with E-state index in [0.717, 1.165) is 0 Å². The first kappa shape index (κ1) is 14.9. The van der Waals surface area contributed by atoms with E-state index in [1.54, 1.807) is 0 Å². The van der Waals surface area contributed by atoms with Gasteiger partial charge in [-0.1, -0.05) is 13.8 Å². The zero-order valence-corrected chi connectivity index (χ0v) is 11.7. The average molecular weight is 284 g/mol. The van der Waals surface area contributed by atoms with Crippen molar-refractivity contribution in [1.29, 1.82) is 0 Å². The maximum Gasteiger partial charge on any atom is 0.215 e. The van der Waals surface area contributed by atoms with Crippen molar-refractivity contribution in [2.75, 3.05) is 18.1 Å². The molecule has 6 nitrogen and oxygen atoms in total. The zero-order valence-electron chi connectivity index (χ0n) is 10.1. The van der Waals surface area contributed by atoms with Gasteiger partial charge in [0.1, 0.15) is 0 Å². The minimum Gasteiger partial charge on any atom is -0.329 e. The predicted molar refractivity (Wildman–Crippen MR) is 66.8 cm³/mol. The van der Waals surface area contributed by atoms with E-state index in [1.165, 1.54) is 0 Å². The molecule has 0 bridgehead atoms. The average Bonchev–Trinajstić information content (AvgIpc) is 2.55. The fourth-order valence-corrected chi connectivity index (χ4v) is 6.21. The van der Waals surface area contributed by atoms with Gasteiger partial charge < -0.3 is 5.73 Å². The third kappa shape index (κ3) is 3.90. The molecule has 2 unspecified atom stereocenters. The van der Waals surface area contributed by atoms with Crippen molar-refractivity contribution < 1.29 is 16.8 Å². The van der Waals surface area contributed by atoms with E-state index < -0.39 is 25.1 Å². The Morgan fingerprint density at radius 1 is 1.41 bits per heavy atom. The largest absolute Gasteiger partial charge is 0.329 e. The molecule has 1 aliphatic heterocycles. The van der Waals surface area contributed by atoms with Crippen LogP contribution in [0.5, 0.6) is 0 Å². The Kier molecular flexibility index (Phi) is 4.56. The summed E-state index contributed by atoms with van der Waals surface area (Å²) in [5.41, 5.74) is 5.49. The summed E-state index contributed by atoms with van der Waals surface area (Å²) >= 11 is 0. The summed E-state index contributed by atoms with van der Waals surface area (Å²) < 4.78 is 49.0. The summed E-state index contributed by atoms with van der Waals surface area (Å²) in [6.07, 6.45) is 0.174. The lowest BCUT2D eigenvalue weighted by molar-refractivity contribution is 0.451. The van der Waals surface area contributed by atoms with Crippen molar-refractivity contribution in [3.63, 3.8) is 0 Å². The van der Waals surface area contributed by atoms with Crippen LogP contribution in [0.15, 0.2) is 0 Å². The zero-order chi connectivity index (χ0) is 13.3. The molecule has 1 aliphatic rings. The van der Waals surface area contributed by atoms with Gasteiger partial charge in [0.25, 0.3) is 0 Å². The highest BCUT2D eigenvalue weighted by Gasteiger charge is 2.38. The Bertz CT molecular complexity index is 455. The van der Waals surface area contributed by atoms with Gasteiger partial charge >= 0.3 is 0 Å². The van der Waals surface area contributed by atoms with Crippen molar-refractivity contribution in [2.24, 2.45) is 11.7 Å². The molecule has 1 heterocycles. The number of hydrogen-bond donors (Lipinski definition) is 2. The second-order valence-corrected chi connectivity index (χ2v) is 9.00. The number of rotatable bonds is 5. The molecule has 3 N–H and O–H groups in total. The molecule has 0 aromatic rings. The van der Waals surface area contributed by atoms with E-state index in [1.807, 2.05) is 13.8 Å². The second kappa shape index (κ2) is 5.21. The molecule has 0 spiro atoms. The van der Waals surface area contributed by atoms with Gasteiger partial charge in [-0.25, -0.2) is 21.6 Å². The standard InChI is InChI=1S/C9H20N2O4S2/c1-7(2)9(5-10)11-17(14,15)8-3-4-16(12,13)6-8/h7-9,11H,3-6,10H2,1-2H3. The summed E-state index contributed by atoms with van der Waals surface area (Å²) in [5, 5.41) is -0.833. The highest BCUT2D eigenvalue weighted by Crippen LogP contribution is 2.19. The maximum atomic E-state index is 12.0. The highest BCUT2D eigenvalue weighted by atomic mass is 32.2. The van der Waals surface area contributed by atoms with E-state index >= 15 is 0 Å². The lowest BCUT2D eigenvalue weighted by Gasteiger charge is -2.22. The van der Waals surface area contributed by atoms with Crippen LogP contribution in [0, 0.1) is 5.92 Å². The Labute approximate surface area is 103 Å². The van der Waals surface area contributed by atoms with Crippen LogP contribution < -0.4 is 10.5 Å². The molecular formula is C9H20N2O4S2. The molecule has 102 valence electrons. The fourth-order valence-electron chi connectivity index (χ4n) is 1.77. The molecule has 1 fully saturated rings. The van der Waals surface area contributed by atoms with Gasteiger partial charge in [0.15, 0.2) is 9.84 Å². The summed E-state index contributed by atoms with van der Waals surface area (Å²) in [6.45, 7) is 3.94. The van der Waals surface area contributed by atoms with E-state index in [9.17, 15) is 16.8 Å². The molecule has 0 radical (unpaired) electrons. The molecule has 0 saturated carbocycles. The third-order valence-electron chi connectivity index (χ3n) is 3.00. The van der Waals surface area contributed by atoms with Crippen LogP contribution in [0.3, 0.4) is 0 Å². The maximum absolute atomic E-state index is 12.0. The van der Waals surface area contributed by atoms with Gasteiger partial charge in [0, 0.05) is 12.6 Å². The van der Waals surface area contributed by atoms with Crippen LogP contribution in [0.1, 0.15) is 20.3 Å². The lowest BCUT2D eigenvalue weighted by atomic mass is 10.1. The van der Waals surface area contributed by atoms with Crippen molar-refractivity contribution in [1.82, 2.24) is 4.72 Å². The van der Waals surface area contributed by atoms with Gasteiger partial charge in [-0.15, -0.1) is 0 Å². The van der Waals surface area contributed by atoms with E-state index in [2.05, 4.69) is 4.72 Å². The molecule has 0 amide bonds. The normalized spacial score (nSPS) is 26.2. The number of nitrogens with two attached hydrogens (primary N) is 1. The Hall–Kier alpha value is -0.180. The van der Waals surface area contributed by atoms with Gasteiger partial charge in [0.05, 0.1) is 16.8 Å². The Balaban J connectivity index is 2.76. The highest BCUT2D eigenvalue weighted by molar-refractivity contribution is 7.95. The smallest absolute Gasteiger partial charge is 0.215 e. The van der Waals surface area contributed by atoms with Crippen molar-refractivity contribution >= 4 is 19.9 Å². The van der Waals surface area contributed by atoms with Crippen molar-refractivity contribution in [2.45, 2.75) is 31.6 Å². The van der Waals surface area contributed by atoms with Gasteiger partial charge in [0.2, 0.25) is 10.0 Å². The van der Waals surface area contributed by atoms with Crippen LogP contribution in [0.4, 0.5) is 0 Å². The number of hydrogen-bond acceptors (Lipinski definition) is 5. The van der Waals surface area contributed by atoms with Crippen LogP contribution in [0.25, 0.3) is 0 Å². The molecule has 0 aliphatic carbocycles. The molecule has 0 aromatic heterocycles. The van der Waals surface area contributed by atoms with Gasteiger partial charge in [-0.2, -0.15) is 0 Å². The quantitative estimate of drug-likeness (QED) is 0.679. The molecular weight excluding hydrogens is 264 g/mol. The number of sulfonamides is 1. The Morgan fingerprint density at radius 2 is 2.00 bits per heavy atom. The molecule has 2 atom stereocenters. The fraction of sp³-hybridized carbons (Fsp3) is 1.00. The van der Waals surface area contributed by atoms with E-state index in [4.69, 9.17) is 5.73 Å². The van der Waals surface area contributed by atoms with Crippen LogP contribution >= 0.6 is 0 Å². The van der Waals surface area contributed by atoms with Crippen molar-refractivity contribution in [3.05, 3.63) is 0 Å². The second-order valence-electron chi connectivity index (χ2n) is 4.77. The molecule has 0 aromatic carbocycles. The minimum absolute atomic E-state index is 0.0481. The van der Waals surface area contributed by atoms with E-state index in [-0.39, 0.29) is 36.4 Å². The molecule has 8 heteroatoms. The first-order chi connectivity index (χ1) is 7.68. The summed E-state index contributed by atoms with van der Waals surface area (Å²) in [7, 11) is -6.79. The monoisotopic (exact) mass is 284 g/mol. The first-order valence-corrected chi connectivity index (χ1v) is 8.96. The lowest BCUT2D eigenvalue weighted by Crippen LogP contribution is -2.47. The van der Waals surface area contributed by atoms with Gasteiger partial charge in [-0.3, -0.25) is 0 Å².